The number of rotatable bonds is 3. The lowest BCUT2D eigenvalue weighted by Crippen LogP contribution is -2.14. The molecule has 0 radical (unpaired) electrons. The lowest BCUT2D eigenvalue weighted by Gasteiger charge is -2.11. The van der Waals surface area contributed by atoms with Crippen LogP contribution in [0.15, 0.2) is 73.2 Å². The fourth-order valence-corrected chi connectivity index (χ4v) is 2.88. The Morgan fingerprint density at radius 2 is 1.81 bits per heavy atom. The van der Waals surface area contributed by atoms with Crippen LogP contribution in [0.5, 0.6) is 0 Å². The molecule has 4 rings (SSSR count). The normalized spacial score (nSPS) is 10.7. The highest BCUT2D eigenvalue weighted by molar-refractivity contribution is 6.06. The summed E-state index contributed by atoms with van der Waals surface area (Å²) < 4.78 is 0. The SMILES string of the molecule is Cc1ccncc1-c1cc(C(=O)Nc2ccccn2)nc2ccccc12. The minimum absolute atomic E-state index is 0.294. The lowest BCUT2D eigenvalue weighted by molar-refractivity contribution is 0.102. The first-order chi connectivity index (χ1) is 12.7. The van der Waals surface area contributed by atoms with Gasteiger partial charge in [0.15, 0.2) is 0 Å². The topological polar surface area (TPSA) is 67.8 Å². The second-order valence-corrected chi connectivity index (χ2v) is 5.93. The van der Waals surface area contributed by atoms with Gasteiger partial charge < -0.3 is 5.32 Å². The van der Waals surface area contributed by atoms with Gasteiger partial charge in [0, 0.05) is 29.5 Å². The molecule has 5 nitrogen and oxygen atoms in total. The fraction of sp³-hybridized carbons (Fsp3) is 0.0476. The number of benzene rings is 1. The number of nitrogens with zero attached hydrogens (tertiary/aromatic N) is 3. The van der Waals surface area contributed by atoms with Crippen LogP contribution < -0.4 is 5.32 Å². The number of pyridine rings is 3. The predicted octanol–water partition coefficient (Wildman–Crippen LogP) is 4.25. The average molecular weight is 340 g/mol. The van der Waals surface area contributed by atoms with E-state index in [-0.39, 0.29) is 5.91 Å². The number of amides is 1. The van der Waals surface area contributed by atoms with Crippen molar-refractivity contribution >= 4 is 22.6 Å². The maximum atomic E-state index is 12.7. The van der Waals surface area contributed by atoms with Crippen molar-refractivity contribution in [3.8, 4) is 11.1 Å². The first-order valence-electron chi connectivity index (χ1n) is 8.25. The van der Waals surface area contributed by atoms with E-state index in [1.165, 1.54) is 0 Å². The smallest absolute Gasteiger partial charge is 0.275 e. The largest absolute Gasteiger partial charge is 0.305 e. The molecule has 0 aliphatic carbocycles. The highest BCUT2D eigenvalue weighted by Crippen LogP contribution is 2.30. The molecule has 3 aromatic heterocycles. The van der Waals surface area contributed by atoms with Crippen molar-refractivity contribution in [2.75, 3.05) is 5.32 Å². The Kier molecular flexibility index (Phi) is 4.11. The summed E-state index contributed by atoms with van der Waals surface area (Å²) in [6.45, 7) is 2.03. The van der Waals surface area contributed by atoms with Crippen LogP contribution in [0.3, 0.4) is 0 Å². The van der Waals surface area contributed by atoms with Crippen LogP contribution in [0.4, 0.5) is 5.82 Å². The quantitative estimate of drug-likeness (QED) is 0.605. The maximum Gasteiger partial charge on any atom is 0.275 e. The van der Waals surface area contributed by atoms with Crippen molar-refractivity contribution in [3.05, 3.63) is 84.4 Å². The molecule has 0 atom stereocenters. The second kappa shape index (κ2) is 6.72. The van der Waals surface area contributed by atoms with Crippen LogP contribution in [-0.4, -0.2) is 20.9 Å². The van der Waals surface area contributed by atoms with Gasteiger partial charge in [0.1, 0.15) is 11.5 Å². The number of carbonyl (C=O) groups is 1. The Morgan fingerprint density at radius 3 is 2.62 bits per heavy atom. The van der Waals surface area contributed by atoms with Crippen molar-refractivity contribution in [2.45, 2.75) is 6.92 Å². The zero-order chi connectivity index (χ0) is 17.9. The summed E-state index contributed by atoms with van der Waals surface area (Å²) in [6, 6.07) is 16.9. The molecule has 0 bridgehead atoms. The molecule has 126 valence electrons. The highest BCUT2D eigenvalue weighted by atomic mass is 16.1. The summed E-state index contributed by atoms with van der Waals surface area (Å²) in [5, 5.41) is 3.77. The zero-order valence-electron chi connectivity index (χ0n) is 14.2. The van der Waals surface area contributed by atoms with E-state index in [9.17, 15) is 4.79 Å². The van der Waals surface area contributed by atoms with Gasteiger partial charge in [0.05, 0.1) is 5.52 Å². The third-order valence-electron chi connectivity index (χ3n) is 4.18. The minimum atomic E-state index is -0.294. The van der Waals surface area contributed by atoms with Gasteiger partial charge in [0.2, 0.25) is 0 Å². The zero-order valence-corrected chi connectivity index (χ0v) is 14.2. The molecule has 1 aromatic carbocycles. The van der Waals surface area contributed by atoms with Gasteiger partial charge in [-0.25, -0.2) is 9.97 Å². The van der Waals surface area contributed by atoms with E-state index in [0.717, 1.165) is 27.6 Å². The number of aryl methyl sites for hydroxylation is 1. The predicted molar refractivity (Wildman–Crippen MR) is 102 cm³/mol. The molecule has 0 fully saturated rings. The Balaban J connectivity index is 1.84. The molecule has 0 unspecified atom stereocenters. The number of anilines is 1. The van der Waals surface area contributed by atoms with Gasteiger partial charge in [-0.1, -0.05) is 24.3 Å². The molecule has 0 saturated carbocycles. The second-order valence-electron chi connectivity index (χ2n) is 5.93. The van der Waals surface area contributed by atoms with Gasteiger partial charge in [-0.05, 0) is 48.4 Å². The minimum Gasteiger partial charge on any atom is -0.305 e. The van der Waals surface area contributed by atoms with E-state index in [0.29, 0.717) is 11.5 Å². The summed E-state index contributed by atoms with van der Waals surface area (Å²) in [5.74, 6) is 0.198. The maximum absolute atomic E-state index is 12.7. The van der Waals surface area contributed by atoms with Gasteiger partial charge in [-0.15, -0.1) is 0 Å². The molecule has 3 heterocycles. The number of aromatic nitrogens is 3. The third kappa shape index (κ3) is 3.02. The van der Waals surface area contributed by atoms with Crippen molar-refractivity contribution in [3.63, 3.8) is 0 Å². The van der Waals surface area contributed by atoms with E-state index >= 15 is 0 Å². The molecule has 1 amide bonds. The van der Waals surface area contributed by atoms with Crippen molar-refractivity contribution in [2.24, 2.45) is 0 Å². The molecule has 26 heavy (non-hydrogen) atoms. The van der Waals surface area contributed by atoms with Gasteiger partial charge in [0.25, 0.3) is 5.91 Å². The summed E-state index contributed by atoms with van der Waals surface area (Å²) in [7, 11) is 0. The van der Waals surface area contributed by atoms with E-state index in [1.54, 1.807) is 24.5 Å². The molecule has 0 aliphatic heterocycles. The lowest BCUT2D eigenvalue weighted by atomic mass is 9.98. The Morgan fingerprint density at radius 1 is 0.962 bits per heavy atom. The van der Waals surface area contributed by atoms with Gasteiger partial charge in [-0.3, -0.25) is 9.78 Å². The van der Waals surface area contributed by atoms with Crippen LogP contribution >= 0.6 is 0 Å². The number of nitrogens with one attached hydrogen (secondary N) is 1. The number of hydrogen-bond acceptors (Lipinski definition) is 4. The summed E-state index contributed by atoms with van der Waals surface area (Å²) in [5.41, 5.74) is 4.12. The van der Waals surface area contributed by atoms with Crippen LogP contribution in [0.2, 0.25) is 0 Å². The molecular formula is C21H16N4O. The van der Waals surface area contributed by atoms with Crippen LogP contribution in [0.25, 0.3) is 22.0 Å². The van der Waals surface area contributed by atoms with Gasteiger partial charge >= 0.3 is 0 Å². The molecule has 5 heteroatoms. The Labute approximate surface area is 150 Å². The fourth-order valence-electron chi connectivity index (χ4n) is 2.88. The van der Waals surface area contributed by atoms with Crippen molar-refractivity contribution < 1.29 is 4.79 Å². The Bertz CT molecular complexity index is 1090. The monoisotopic (exact) mass is 340 g/mol. The average Bonchev–Trinajstić information content (AvgIpc) is 2.68. The molecule has 0 saturated heterocycles. The van der Waals surface area contributed by atoms with Crippen molar-refractivity contribution in [1.82, 2.24) is 15.0 Å². The first-order valence-corrected chi connectivity index (χ1v) is 8.25. The van der Waals surface area contributed by atoms with Crippen molar-refractivity contribution in [1.29, 1.82) is 0 Å². The van der Waals surface area contributed by atoms with E-state index in [1.807, 2.05) is 55.6 Å². The number of para-hydroxylation sites is 1. The third-order valence-corrected chi connectivity index (χ3v) is 4.18. The number of hydrogen-bond donors (Lipinski definition) is 1. The van der Waals surface area contributed by atoms with E-state index < -0.39 is 0 Å². The number of carbonyl (C=O) groups excluding carboxylic acids is 1. The number of fused-ring (bicyclic) bond motifs is 1. The highest BCUT2D eigenvalue weighted by Gasteiger charge is 2.15. The van der Waals surface area contributed by atoms with E-state index in [4.69, 9.17) is 0 Å². The molecule has 1 N–H and O–H groups in total. The standard InChI is InChI=1S/C21H16N4O/c1-14-9-11-22-13-17(14)16-12-19(24-18-7-3-2-6-15(16)18)21(26)25-20-8-4-5-10-23-20/h2-13H,1H3,(H,23,25,26). The van der Waals surface area contributed by atoms with Crippen LogP contribution in [0, 0.1) is 6.92 Å². The first kappa shape index (κ1) is 15.9. The summed E-state index contributed by atoms with van der Waals surface area (Å²) >= 11 is 0. The molecule has 0 aliphatic rings. The molecular weight excluding hydrogens is 324 g/mol. The van der Waals surface area contributed by atoms with Gasteiger partial charge in [-0.2, -0.15) is 0 Å². The van der Waals surface area contributed by atoms with Crippen LogP contribution in [-0.2, 0) is 0 Å². The molecule has 0 spiro atoms. The van der Waals surface area contributed by atoms with E-state index in [2.05, 4.69) is 20.3 Å². The van der Waals surface area contributed by atoms with Crippen LogP contribution in [0.1, 0.15) is 16.1 Å². The summed E-state index contributed by atoms with van der Waals surface area (Å²) in [4.78, 5) is 25.6. The Hall–Kier alpha value is -3.60. The molecule has 4 aromatic rings. The summed E-state index contributed by atoms with van der Waals surface area (Å²) in [6.07, 6.45) is 5.21.